The zero-order valence-electron chi connectivity index (χ0n) is 20.1. The van der Waals surface area contributed by atoms with Crippen LogP contribution < -0.4 is 14.4 Å². The van der Waals surface area contributed by atoms with Gasteiger partial charge in [-0.05, 0) is 72.9 Å². The number of hydrogen-bond donors (Lipinski definition) is 0. The van der Waals surface area contributed by atoms with Crippen LogP contribution in [0.4, 0.5) is 5.69 Å². The first-order chi connectivity index (χ1) is 17.1. The molecule has 2 atom stereocenters. The lowest BCUT2D eigenvalue weighted by atomic mass is 9.78. The maximum atomic E-state index is 14.1. The second-order valence-electron chi connectivity index (χ2n) is 9.04. The lowest BCUT2D eigenvalue weighted by Crippen LogP contribution is -2.49. The van der Waals surface area contributed by atoms with Crippen LogP contribution in [-0.2, 0) is 4.79 Å². The number of methoxy groups -OCH3 is 2. The molecule has 0 spiro atoms. The summed E-state index contributed by atoms with van der Waals surface area (Å²) >= 11 is 0. The third kappa shape index (κ3) is 4.25. The molecular formula is C29H30N2O4. The Morgan fingerprint density at radius 3 is 2.03 bits per heavy atom. The zero-order chi connectivity index (χ0) is 24.4. The summed E-state index contributed by atoms with van der Waals surface area (Å²) in [5, 5.41) is 0. The van der Waals surface area contributed by atoms with Gasteiger partial charge in [0.1, 0.15) is 11.5 Å². The lowest BCUT2D eigenvalue weighted by Gasteiger charge is -2.43. The Hall–Kier alpha value is -3.80. The standard InChI is InChI=1S/C29H30N2O4/c1-34-22-14-10-20(11-15-22)27-26(29(33)30-18-6-3-7-19-30)24-8-4-5-9-25(24)28(32)31(27)21-12-16-23(35-2)17-13-21/h4-5,8-17,26-27H,3,6-7,18-19H2,1-2H3/t26-,27-/m1/s1. The highest BCUT2D eigenvalue weighted by molar-refractivity contribution is 6.11. The number of likely N-dealkylation sites (tertiary alicyclic amines) is 1. The van der Waals surface area contributed by atoms with Gasteiger partial charge in [-0.3, -0.25) is 14.5 Å². The number of hydrogen-bond acceptors (Lipinski definition) is 4. The van der Waals surface area contributed by atoms with Gasteiger partial charge in [0, 0.05) is 24.3 Å². The summed E-state index contributed by atoms with van der Waals surface area (Å²) in [5.41, 5.74) is 2.98. The average molecular weight is 471 g/mol. The molecule has 35 heavy (non-hydrogen) atoms. The molecule has 0 radical (unpaired) electrons. The normalized spacial score (nSPS) is 19.8. The molecule has 2 aliphatic rings. The van der Waals surface area contributed by atoms with Crippen LogP contribution in [0.1, 0.15) is 52.7 Å². The Labute approximate surface area is 206 Å². The van der Waals surface area contributed by atoms with E-state index in [4.69, 9.17) is 9.47 Å². The van der Waals surface area contributed by atoms with Gasteiger partial charge in [-0.25, -0.2) is 0 Å². The molecule has 6 nitrogen and oxygen atoms in total. The molecule has 2 amide bonds. The number of benzene rings is 3. The number of ether oxygens (including phenoxy) is 2. The Morgan fingerprint density at radius 1 is 0.800 bits per heavy atom. The molecule has 3 aromatic rings. The van der Waals surface area contributed by atoms with E-state index >= 15 is 0 Å². The number of nitrogens with zero attached hydrogens (tertiary/aromatic N) is 2. The predicted molar refractivity (Wildman–Crippen MR) is 135 cm³/mol. The van der Waals surface area contributed by atoms with Crippen LogP contribution in [0.2, 0.25) is 0 Å². The van der Waals surface area contributed by atoms with E-state index in [-0.39, 0.29) is 11.8 Å². The highest BCUT2D eigenvalue weighted by Gasteiger charge is 2.46. The van der Waals surface area contributed by atoms with E-state index in [0.717, 1.165) is 54.9 Å². The first kappa shape index (κ1) is 23.0. The van der Waals surface area contributed by atoms with Gasteiger partial charge in [0.25, 0.3) is 5.91 Å². The van der Waals surface area contributed by atoms with Gasteiger partial charge in [-0.15, -0.1) is 0 Å². The maximum absolute atomic E-state index is 14.1. The summed E-state index contributed by atoms with van der Waals surface area (Å²) in [6.45, 7) is 1.51. The van der Waals surface area contributed by atoms with Crippen molar-refractivity contribution in [1.82, 2.24) is 4.90 Å². The fraction of sp³-hybridized carbons (Fsp3) is 0.310. The highest BCUT2D eigenvalue weighted by atomic mass is 16.5. The van der Waals surface area contributed by atoms with E-state index in [1.807, 2.05) is 77.7 Å². The first-order valence-corrected chi connectivity index (χ1v) is 12.1. The van der Waals surface area contributed by atoms with Crippen molar-refractivity contribution in [2.75, 3.05) is 32.2 Å². The molecule has 2 aliphatic heterocycles. The SMILES string of the molecule is COc1ccc([C@@H]2[C@H](C(=O)N3CCCCC3)c3ccccc3C(=O)N2c2ccc(OC)cc2)cc1. The topological polar surface area (TPSA) is 59.1 Å². The van der Waals surface area contributed by atoms with E-state index < -0.39 is 12.0 Å². The van der Waals surface area contributed by atoms with Crippen molar-refractivity contribution in [3.8, 4) is 11.5 Å². The molecule has 6 heteroatoms. The van der Waals surface area contributed by atoms with Crippen LogP contribution in [0.15, 0.2) is 72.8 Å². The van der Waals surface area contributed by atoms with E-state index in [1.54, 1.807) is 19.1 Å². The summed E-state index contributed by atoms with van der Waals surface area (Å²) in [6, 6.07) is 22.2. The number of amides is 2. The monoisotopic (exact) mass is 470 g/mol. The molecule has 1 fully saturated rings. The minimum atomic E-state index is -0.516. The number of carbonyl (C=O) groups excluding carboxylic acids is 2. The number of anilines is 1. The molecule has 0 N–H and O–H groups in total. The summed E-state index contributed by atoms with van der Waals surface area (Å²) in [6.07, 6.45) is 3.16. The Balaban J connectivity index is 1.69. The summed E-state index contributed by atoms with van der Waals surface area (Å²) < 4.78 is 10.7. The van der Waals surface area contributed by atoms with Crippen molar-refractivity contribution in [3.63, 3.8) is 0 Å². The molecule has 0 bridgehead atoms. The summed E-state index contributed by atoms with van der Waals surface area (Å²) in [7, 11) is 3.24. The van der Waals surface area contributed by atoms with E-state index in [9.17, 15) is 9.59 Å². The minimum absolute atomic E-state index is 0.0731. The quantitative estimate of drug-likeness (QED) is 0.514. The van der Waals surface area contributed by atoms with Gasteiger partial charge in [-0.2, -0.15) is 0 Å². The van der Waals surface area contributed by atoms with Crippen LogP contribution >= 0.6 is 0 Å². The first-order valence-electron chi connectivity index (χ1n) is 12.1. The van der Waals surface area contributed by atoms with Gasteiger partial charge in [0.05, 0.1) is 26.2 Å². The lowest BCUT2D eigenvalue weighted by molar-refractivity contribution is -0.134. The molecular weight excluding hydrogens is 440 g/mol. The van der Waals surface area contributed by atoms with Crippen molar-refractivity contribution < 1.29 is 19.1 Å². The van der Waals surface area contributed by atoms with Crippen molar-refractivity contribution in [1.29, 1.82) is 0 Å². The molecule has 0 saturated carbocycles. The second-order valence-corrected chi connectivity index (χ2v) is 9.04. The highest BCUT2D eigenvalue weighted by Crippen LogP contribution is 2.46. The predicted octanol–water partition coefficient (Wildman–Crippen LogP) is 5.20. The van der Waals surface area contributed by atoms with Crippen LogP contribution in [-0.4, -0.2) is 44.0 Å². The van der Waals surface area contributed by atoms with Crippen molar-refractivity contribution in [2.24, 2.45) is 0 Å². The van der Waals surface area contributed by atoms with E-state index in [2.05, 4.69) is 0 Å². The largest absolute Gasteiger partial charge is 0.497 e. The smallest absolute Gasteiger partial charge is 0.259 e. The average Bonchev–Trinajstić information content (AvgIpc) is 2.93. The Kier molecular flexibility index (Phi) is 6.45. The van der Waals surface area contributed by atoms with Crippen LogP contribution in [0.3, 0.4) is 0 Å². The maximum Gasteiger partial charge on any atom is 0.259 e. The molecule has 0 unspecified atom stereocenters. The van der Waals surface area contributed by atoms with Crippen molar-refractivity contribution >= 4 is 17.5 Å². The number of carbonyl (C=O) groups is 2. The third-order valence-electron chi connectivity index (χ3n) is 7.08. The fourth-order valence-electron chi connectivity index (χ4n) is 5.28. The number of rotatable bonds is 5. The van der Waals surface area contributed by atoms with Gasteiger partial charge in [0.2, 0.25) is 5.91 Å². The number of piperidine rings is 1. The van der Waals surface area contributed by atoms with Crippen LogP contribution in [0.5, 0.6) is 11.5 Å². The summed E-state index contributed by atoms with van der Waals surface area (Å²) in [5.74, 6) is 0.877. The van der Waals surface area contributed by atoms with Gasteiger partial charge in [-0.1, -0.05) is 30.3 Å². The Bertz CT molecular complexity index is 1200. The molecule has 3 aromatic carbocycles. The minimum Gasteiger partial charge on any atom is -0.497 e. The second kappa shape index (κ2) is 9.82. The molecule has 0 aliphatic carbocycles. The third-order valence-corrected chi connectivity index (χ3v) is 7.08. The molecule has 180 valence electrons. The molecule has 0 aromatic heterocycles. The van der Waals surface area contributed by atoms with Gasteiger partial charge < -0.3 is 14.4 Å². The van der Waals surface area contributed by atoms with Crippen LogP contribution in [0, 0.1) is 0 Å². The fourth-order valence-corrected chi connectivity index (χ4v) is 5.28. The molecule has 2 heterocycles. The summed E-state index contributed by atoms with van der Waals surface area (Å²) in [4.78, 5) is 31.9. The van der Waals surface area contributed by atoms with E-state index in [0.29, 0.717) is 11.3 Å². The van der Waals surface area contributed by atoms with Gasteiger partial charge >= 0.3 is 0 Å². The molecule has 5 rings (SSSR count). The zero-order valence-corrected chi connectivity index (χ0v) is 20.1. The van der Waals surface area contributed by atoms with Crippen molar-refractivity contribution in [3.05, 3.63) is 89.5 Å². The van der Waals surface area contributed by atoms with E-state index in [1.165, 1.54) is 0 Å². The molecule has 1 saturated heterocycles. The van der Waals surface area contributed by atoms with Gasteiger partial charge in [0.15, 0.2) is 0 Å². The Morgan fingerprint density at radius 2 is 1.40 bits per heavy atom. The number of fused-ring (bicyclic) bond motifs is 1. The van der Waals surface area contributed by atoms with Crippen molar-refractivity contribution in [2.45, 2.75) is 31.2 Å². The van der Waals surface area contributed by atoms with Crippen LogP contribution in [0.25, 0.3) is 0 Å².